The molecule has 1 aromatic heterocycles. The maximum Gasteiger partial charge on any atom is 0.129 e. The Bertz CT molecular complexity index is 750. The van der Waals surface area contributed by atoms with Gasteiger partial charge in [-0.25, -0.2) is 4.39 Å². The molecule has 6 heteroatoms. The molecule has 1 aromatic carbocycles. The smallest absolute Gasteiger partial charge is 0.129 e. The molecule has 1 N–H and O–H groups in total. The Hall–Kier alpha value is -2.23. The van der Waals surface area contributed by atoms with Gasteiger partial charge in [-0.05, 0) is 32.4 Å². The van der Waals surface area contributed by atoms with Crippen LogP contribution in [-0.2, 0) is 11.3 Å². The summed E-state index contributed by atoms with van der Waals surface area (Å²) < 4.78 is 21.7. The van der Waals surface area contributed by atoms with Gasteiger partial charge in [-0.3, -0.25) is 4.68 Å². The van der Waals surface area contributed by atoms with Crippen molar-refractivity contribution in [3.8, 4) is 6.07 Å². The molecule has 1 aliphatic heterocycles. The SMILES string of the molecule is CC(C)n1cc([C@H]2OCC[C@@H]2NCc2ccc(C#N)cc2F)cn1. The van der Waals surface area contributed by atoms with Gasteiger partial charge >= 0.3 is 0 Å². The molecule has 0 saturated carbocycles. The third kappa shape index (κ3) is 3.48. The molecule has 0 amide bonds. The number of nitriles is 1. The Morgan fingerprint density at radius 3 is 3.00 bits per heavy atom. The Morgan fingerprint density at radius 2 is 2.33 bits per heavy atom. The van der Waals surface area contributed by atoms with Gasteiger partial charge in [0.1, 0.15) is 11.9 Å². The quantitative estimate of drug-likeness (QED) is 0.916. The largest absolute Gasteiger partial charge is 0.372 e. The fourth-order valence-electron chi connectivity index (χ4n) is 2.91. The second-order valence-electron chi connectivity index (χ2n) is 6.33. The van der Waals surface area contributed by atoms with Gasteiger partial charge in [-0.2, -0.15) is 10.4 Å². The van der Waals surface area contributed by atoms with E-state index in [2.05, 4.69) is 24.3 Å². The molecule has 3 rings (SSSR count). The first-order valence-electron chi connectivity index (χ1n) is 8.16. The van der Waals surface area contributed by atoms with Gasteiger partial charge in [-0.1, -0.05) is 6.07 Å². The van der Waals surface area contributed by atoms with Crippen molar-refractivity contribution in [3.63, 3.8) is 0 Å². The molecule has 1 saturated heterocycles. The van der Waals surface area contributed by atoms with Crippen LogP contribution in [0.1, 0.15) is 49.1 Å². The summed E-state index contributed by atoms with van der Waals surface area (Å²) in [4.78, 5) is 0. The summed E-state index contributed by atoms with van der Waals surface area (Å²) in [6, 6.07) is 6.92. The van der Waals surface area contributed by atoms with Crippen molar-refractivity contribution < 1.29 is 9.13 Å². The number of halogens is 1. The predicted molar refractivity (Wildman–Crippen MR) is 87.7 cm³/mol. The number of hydrogen-bond acceptors (Lipinski definition) is 4. The van der Waals surface area contributed by atoms with E-state index in [4.69, 9.17) is 10.00 Å². The van der Waals surface area contributed by atoms with E-state index in [9.17, 15) is 4.39 Å². The molecule has 0 bridgehead atoms. The lowest BCUT2D eigenvalue weighted by Gasteiger charge is -2.19. The van der Waals surface area contributed by atoms with E-state index >= 15 is 0 Å². The molecular formula is C18H21FN4O. The highest BCUT2D eigenvalue weighted by Gasteiger charge is 2.30. The molecule has 1 fully saturated rings. The highest BCUT2D eigenvalue weighted by Crippen LogP contribution is 2.29. The third-order valence-electron chi connectivity index (χ3n) is 4.31. The number of aromatic nitrogens is 2. The van der Waals surface area contributed by atoms with Gasteiger partial charge in [0.05, 0.1) is 17.8 Å². The van der Waals surface area contributed by atoms with Crippen molar-refractivity contribution in [1.29, 1.82) is 5.26 Å². The highest BCUT2D eigenvalue weighted by molar-refractivity contribution is 5.32. The van der Waals surface area contributed by atoms with Crippen LogP contribution in [0.5, 0.6) is 0 Å². The van der Waals surface area contributed by atoms with Crippen molar-refractivity contribution in [2.24, 2.45) is 0 Å². The summed E-state index contributed by atoms with van der Waals surface area (Å²) in [5.74, 6) is -0.357. The van der Waals surface area contributed by atoms with Gasteiger partial charge in [-0.15, -0.1) is 0 Å². The fraction of sp³-hybridized carbons (Fsp3) is 0.444. The fourth-order valence-corrected chi connectivity index (χ4v) is 2.91. The van der Waals surface area contributed by atoms with Gasteiger partial charge in [0, 0.05) is 42.6 Å². The second kappa shape index (κ2) is 7.12. The Kier molecular flexibility index (Phi) is 4.93. The van der Waals surface area contributed by atoms with Crippen LogP contribution in [0.2, 0.25) is 0 Å². The van der Waals surface area contributed by atoms with E-state index in [1.54, 1.807) is 12.1 Å². The molecule has 2 atom stereocenters. The molecule has 126 valence electrons. The molecule has 2 aromatic rings. The molecule has 0 unspecified atom stereocenters. The normalized spacial score (nSPS) is 20.5. The van der Waals surface area contributed by atoms with Gasteiger partial charge in [0.2, 0.25) is 0 Å². The van der Waals surface area contributed by atoms with E-state index in [0.717, 1.165) is 12.0 Å². The number of ether oxygens (including phenoxy) is 1. The standard InChI is InChI=1S/C18H21FN4O/c1-12(2)23-11-15(10-22-23)18-17(5-6-24-18)21-9-14-4-3-13(8-20)7-16(14)19/h3-4,7,10-12,17-18,21H,5-6,9H2,1-2H3/t17-,18+/m0/s1. The molecule has 2 heterocycles. The average Bonchev–Trinajstić information content (AvgIpc) is 3.22. The molecule has 0 spiro atoms. The highest BCUT2D eigenvalue weighted by atomic mass is 19.1. The molecule has 0 radical (unpaired) electrons. The van der Waals surface area contributed by atoms with Crippen molar-refractivity contribution in [1.82, 2.24) is 15.1 Å². The van der Waals surface area contributed by atoms with Crippen molar-refractivity contribution in [2.45, 2.75) is 45.0 Å². The minimum absolute atomic E-state index is 0.0704. The zero-order chi connectivity index (χ0) is 17.1. The maximum absolute atomic E-state index is 14.0. The third-order valence-corrected chi connectivity index (χ3v) is 4.31. The van der Waals surface area contributed by atoms with E-state index < -0.39 is 0 Å². The Morgan fingerprint density at radius 1 is 1.50 bits per heavy atom. The van der Waals surface area contributed by atoms with Crippen LogP contribution in [0, 0.1) is 17.1 Å². The van der Waals surface area contributed by atoms with Crippen LogP contribution in [0.4, 0.5) is 4.39 Å². The van der Waals surface area contributed by atoms with Crippen LogP contribution < -0.4 is 5.32 Å². The van der Waals surface area contributed by atoms with Gasteiger partial charge in [0.25, 0.3) is 0 Å². The average molecular weight is 328 g/mol. The lowest BCUT2D eigenvalue weighted by Crippen LogP contribution is -2.31. The summed E-state index contributed by atoms with van der Waals surface area (Å²) in [6.45, 7) is 5.23. The minimum Gasteiger partial charge on any atom is -0.372 e. The van der Waals surface area contributed by atoms with E-state index in [0.29, 0.717) is 30.3 Å². The maximum atomic E-state index is 14.0. The van der Waals surface area contributed by atoms with E-state index in [1.807, 2.05) is 23.1 Å². The number of benzene rings is 1. The first kappa shape index (κ1) is 16.6. The summed E-state index contributed by atoms with van der Waals surface area (Å²) in [7, 11) is 0. The molecule has 1 aliphatic rings. The molecular weight excluding hydrogens is 307 g/mol. The number of nitrogens with one attached hydrogen (secondary N) is 1. The summed E-state index contributed by atoms with van der Waals surface area (Å²) >= 11 is 0. The molecule has 5 nitrogen and oxygen atoms in total. The van der Waals surface area contributed by atoms with Crippen molar-refractivity contribution >= 4 is 0 Å². The zero-order valence-electron chi connectivity index (χ0n) is 13.9. The number of rotatable bonds is 5. The minimum atomic E-state index is -0.357. The molecule has 24 heavy (non-hydrogen) atoms. The Balaban J connectivity index is 1.67. The lowest BCUT2D eigenvalue weighted by molar-refractivity contribution is 0.0983. The van der Waals surface area contributed by atoms with Crippen molar-refractivity contribution in [2.75, 3.05) is 6.61 Å². The Labute approximate surface area is 141 Å². The van der Waals surface area contributed by atoms with Crippen LogP contribution in [-0.4, -0.2) is 22.4 Å². The first-order chi connectivity index (χ1) is 11.6. The van der Waals surface area contributed by atoms with Crippen molar-refractivity contribution in [3.05, 3.63) is 53.1 Å². The number of nitrogens with zero attached hydrogens (tertiary/aromatic N) is 3. The summed E-state index contributed by atoms with van der Waals surface area (Å²) in [6.07, 6.45) is 4.65. The zero-order valence-corrected chi connectivity index (χ0v) is 13.9. The van der Waals surface area contributed by atoms with Crippen LogP contribution in [0.3, 0.4) is 0 Å². The summed E-state index contributed by atoms with van der Waals surface area (Å²) in [5.41, 5.74) is 1.93. The monoisotopic (exact) mass is 328 g/mol. The van der Waals surface area contributed by atoms with E-state index in [-0.39, 0.29) is 18.0 Å². The predicted octanol–water partition coefficient (Wildman–Crippen LogP) is 3.09. The number of hydrogen-bond donors (Lipinski definition) is 1. The topological polar surface area (TPSA) is 62.9 Å². The summed E-state index contributed by atoms with van der Waals surface area (Å²) in [5, 5.41) is 16.5. The van der Waals surface area contributed by atoms with Crippen LogP contribution in [0.15, 0.2) is 30.6 Å². The van der Waals surface area contributed by atoms with Crippen LogP contribution in [0.25, 0.3) is 0 Å². The van der Waals surface area contributed by atoms with E-state index in [1.165, 1.54) is 6.07 Å². The molecule has 0 aliphatic carbocycles. The van der Waals surface area contributed by atoms with Crippen LogP contribution >= 0.6 is 0 Å². The first-order valence-corrected chi connectivity index (χ1v) is 8.16. The lowest BCUT2D eigenvalue weighted by atomic mass is 10.0. The van der Waals surface area contributed by atoms with Gasteiger partial charge in [0.15, 0.2) is 0 Å². The van der Waals surface area contributed by atoms with Gasteiger partial charge < -0.3 is 10.1 Å². The second-order valence-corrected chi connectivity index (χ2v) is 6.33.